The quantitative estimate of drug-likeness (QED) is 0.857. The Labute approximate surface area is 126 Å². The highest BCUT2D eigenvalue weighted by atomic mass is 16.5. The lowest BCUT2D eigenvalue weighted by molar-refractivity contribution is 0.0203. The molecule has 1 aliphatic carbocycles. The lowest BCUT2D eigenvalue weighted by Crippen LogP contribution is -2.46. The maximum Gasteiger partial charge on any atom is 0.132 e. The molecule has 2 aliphatic heterocycles. The number of nitrogens with one attached hydrogen (secondary N) is 2. The summed E-state index contributed by atoms with van der Waals surface area (Å²) < 4.78 is 5.94. The molecule has 0 bridgehead atoms. The van der Waals surface area contributed by atoms with Crippen LogP contribution in [0.3, 0.4) is 0 Å². The molecule has 21 heavy (non-hydrogen) atoms. The van der Waals surface area contributed by atoms with Gasteiger partial charge in [-0.15, -0.1) is 0 Å². The van der Waals surface area contributed by atoms with E-state index in [0.717, 1.165) is 39.2 Å². The number of aromatic nitrogens is 1. The van der Waals surface area contributed by atoms with Gasteiger partial charge in [0.05, 0.1) is 12.2 Å². The summed E-state index contributed by atoms with van der Waals surface area (Å²) in [5.41, 5.74) is 3.00. The van der Waals surface area contributed by atoms with E-state index in [0.29, 0.717) is 6.04 Å². The zero-order chi connectivity index (χ0) is 14.3. The van der Waals surface area contributed by atoms with Crippen LogP contribution in [-0.2, 0) is 17.7 Å². The third kappa shape index (κ3) is 2.54. The molecule has 1 atom stereocenters. The monoisotopic (exact) mass is 288 g/mol. The van der Waals surface area contributed by atoms with Gasteiger partial charge in [-0.25, -0.2) is 4.98 Å². The first-order chi connectivity index (χ1) is 10.3. The van der Waals surface area contributed by atoms with E-state index in [1.165, 1.54) is 29.8 Å². The fraction of sp³-hybridized carbons (Fsp3) is 0.688. The van der Waals surface area contributed by atoms with Gasteiger partial charge in [0, 0.05) is 44.0 Å². The largest absolute Gasteiger partial charge is 0.371 e. The summed E-state index contributed by atoms with van der Waals surface area (Å²) in [5.74, 6) is 1.20. The minimum atomic E-state index is 0.153. The number of fused-ring (bicyclic) bond motifs is 1. The van der Waals surface area contributed by atoms with Crippen molar-refractivity contribution >= 4 is 5.82 Å². The number of ether oxygens (including phenoxy) is 1. The molecular formula is C16H24N4O. The molecule has 1 spiro atoms. The van der Waals surface area contributed by atoms with Gasteiger partial charge in [-0.1, -0.05) is 0 Å². The molecular weight excluding hydrogens is 264 g/mol. The number of nitrogens with zero attached hydrogens (tertiary/aromatic N) is 2. The van der Waals surface area contributed by atoms with Crippen LogP contribution in [0.1, 0.15) is 24.0 Å². The van der Waals surface area contributed by atoms with Crippen LogP contribution in [-0.4, -0.2) is 49.9 Å². The van der Waals surface area contributed by atoms with E-state index < -0.39 is 0 Å². The Morgan fingerprint density at radius 2 is 2.43 bits per heavy atom. The molecule has 1 saturated carbocycles. The van der Waals surface area contributed by atoms with Crippen molar-refractivity contribution in [2.75, 3.05) is 38.2 Å². The van der Waals surface area contributed by atoms with Crippen molar-refractivity contribution in [3.63, 3.8) is 0 Å². The molecule has 2 fully saturated rings. The first-order valence-corrected chi connectivity index (χ1v) is 8.03. The molecule has 3 heterocycles. The smallest absolute Gasteiger partial charge is 0.132 e. The van der Waals surface area contributed by atoms with Gasteiger partial charge in [-0.05, 0) is 37.9 Å². The summed E-state index contributed by atoms with van der Waals surface area (Å²) >= 11 is 0. The second-order valence-corrected chi connectivity index (χ2v) is 6.56. The third-order valence-corrected chi connectivity index (χ3v) is 4.97. The molecule has 0 aromatic carbocycles. The van der Waals surface area contributed by atoms with Crippen LogP contribution >= 0.6 is 0 Å². The Hall–Kier alpha value is -1.17. The Kier molecular flexibility index (Phi) is 3.36. The fourth-order valence-corrected chi connectivity index (χ4v) is 3.61. The second kappa shape index (κ2) is 5.23. The first-order valence-electron chi connectivity index (χ1n) is 8.03. The van der Waals surface area contributed by atoms with E-state index in [1.54, 1.807) is 0 Å². The lowest BCUT2D eigenvalue weighted by Gasteiger charge is -2.37. The van der Waals surface area contributed by atoms with Crippen LogP contribution in [0.25, 0.3) is 0 Å². The minimum Gasteiger partial charge on any atom is -0.371 e. The summed E-state index contributed by atoms with van der Waals surface area (Å²) in [7, 11) is 2.01. The van der Waals surface area contributed by atoms with Crippen LogP contribution in [0.2, 0.25) is 0 Å². The van der Waals surface area contributed by atoms with Crippen molar-refractivity contribution in [2.24, 2.45) is 0 Å². The predicted molar refractivity (Wildman–Crippen MR) is 82.6 cm³/mol. The number of pyridine rings is 1. The van der Waals surface area contributed by atoms with Crippen LogP contribution in [0.15, 0.2) is 12.3 Å². The van der Waals surface area contributed by atoms with Crippen molar-refractivity contribution in [3.05, 3.63) is 23.4 Å². The predicted octanol–water partition coefficient (Wildman–Crippen LogP) is 0.685. The molecule has 5 nitrogen and oxygen atoms in total. The van der Waals surface area contributed by atoms with E-state index in [1.807, 2.05) is 13.2 Å². The van der Waals surface area contributed by atoms with E-state index in [2.05, 4.69) is 21.6 Å². The van der Waals surface area contributed by atoms with E-state index in [9.17, 15) is 0 Å². The van der Waals surface area contributed by atoms with Gasteiger partial charge in [-0.2, -0.15) is 0 Å². The highest BCUT2D eigenvalue weighted by Crippen LogP contribution is 2.43. The molecule has 4 rings (SSSR count). The molecule has 2 N–H and O–H groups in total. The number of hydrogen-bond acceptors (Lipinski definition) is 5. The van der Waals surface area contributed by atoms with Crippen molar-refractivity contribution < 1.29 is 4.74 Å². The number of hydrogen-bond donors (Lipinski definition) is 2. The number of morpholine rings is 1. The van der Waals surface area contributed by atoms with Gasteiger partial charge in [-0.3, -0.25) is 0 Å². The minimum absolute atomic E-state index is 0.153. The Morgan fingerprint density at radius 3 is 3.24 bits per heavy atom. The van der Waals surface area contributed by atoms with Gasteiger partial charge in [0.25, 0.3) is 0 Å². The maximum absolute atomic E-state index is 5.94. The maximum atomic E-state index is 5.94. The van der Waals surface area contributed by atoms with Crippen molar-refractivity contribution in [2.45, 2.75) is 37.5 Å². The highest BCUT2D eigenvalue weighted by molar-refractivity contribution is 5.53. The van der Waals surface area contributed by atoms with E-state index in [-0.39, 0.29) is 5.60 Å². The Bertz CT molecular complexity index is 529. The SMILES string of the molecule is CNCC1Cc2c(ccnc2N2CCOC3(CC3)C2)CN1. The summed E-state index contributed by atoms with van der Waals surface area (Å²) in [6, 6.07) is 2.66. The molecule has 3 aliphatic rings. The van der Waals surface area contributed by atoms with Gasteiger partial charge in [0.15, 0.2) is 0 Å². The first kappa shape index (κ1) is 13.5. The molecule has 0 radical (unpaired) electrons. The molecule has 1 saturated heterocycles. The number of anilines is 1. The molecule has 0 amide bonds. The van der Waals surface area contributed by atoms with Crippen LogP contribution < -0.4 is 15.5 Å². The van der Waals surface area contributed by atoms with Crippen molar-refractivity contribution in [3.8, 4) is 0 Å². The van der Waals surface area contributed by atoms with Crippen molar-refractivity contribution in [1.82, 2.24) is 15.6 Å². The van der Waals surface area contributed by atoms with Crippen molar-refractivity contribution in [1.29, 1.82) is 0 Å². The van der Waals surface area contributed by atoms with Crippen LogP contribution in [0.4, 0.5) is 5.82 Å². The number of rotatable bonds is 3. The Morgan fingerprint density at radius 1 is 1.52 bits per heavy atom. The second-order valence-electron chi connectivity index (χ2n) is 6.56. The zero-order valence-corrected chi connectivity index (χ0v) is 12.7. The third-order valence-electron chi connectivity index (χ3n) is 4.97. The summed E-state index contributed by atoms with van der Waals surface area (Å²) in [6.45, 7) is 4.77. The summed E-state index contributed by atoms with van der Waals surface area (Å²) in [6.07, 6.45) is 5.44. The van der Waals surface area contributed by atoms with Gasteiger partial charge in [0.1, 0.15) is 5.82 Å². The average Bonchev–Trinajstić information content (AvgIpc) is 3.25. The topological polar surface area (TPSA) is 49.4 Å². The van der Waals surface area contributed by atoms with Crippen LogP contribution in [0, 0.1) is 0 Å². The molecule has 1 aromatic rings. The molecule has 1 aromatic heterocycles. The fourth-order valence-electron chi connectivity index (χ4n) is 3.61. The van der Waals surface area contributed by atoms with E-state index in [4.69, 9.17) is 9.72 Å². The number of likely N-dealkylation sites (N-methyl/N-ethyl adjacent to an activating group) is 1. The molecule has 1 unspecified atom stereocenters. The lowest BCUT2D eigenvalue weighted by atomic mass is 9.96. The van der Waals surface area contributed by atoms with Gasteiger partial charge in [0.2, 0.25) is 0 Å². The molecule has 114 valence electrons. The average molecular weight is 288 g/mol. The van der Waals surface area contributed by atoms with Gasteiger partial charge >= 0.3 is 0 Å². The zero-order valence-electron chi connectivity index (χ0n) is 12.7. The Balaban J connectivity index is 1.60. The normalized spacial score (nSPS) is 26.7. The summed E-state index contributed by atoms with van der Waals surface area (Å²) in [5, 5.41) is 6.88. The van der Waals surface area contributed by atoms with E-state index >= 15 is 0 Å². The standard InChI is InChI=1S/C16H24N4O/c1-17-10-13-8-14-12(9-19-13)2-5-18-15(14)20-6-7-21-16(11-20)3-4-16/h2,5,13,17,19H,3-4,6-11H2,1H3. The highest BCUT2D eigenvalue weighted by Gasteiger charge is 2.48. The van der Waals surface area contributed by atoms with Crippen LogP contribution in [0.5, 0.6) is 0 Å². The summed E-state index contributed by atoms with van der Waals surface area (Å²) in [4.78, 5) is 7.18. The molecule has 5 heteroatoms. The van der Waals surface area contributed by atoms with Gasteiger partial charge < -0.3 is 20.3 Å².